The molecule has 0 radical (unpaired) electrons. The molecule has 9 heteroatoms. The molecule has 0 rings (SSSR count). The molecule has 0 amide bonds. The Hall–Kier alpha value is 5.44. The molecule has 0 spiro atoms. The summed E-state index contributed by atoms with van der Waals surface area (Å²) in [5.41, 5.74) is 0. The van der Waals surface area contributed by atoms with Crippen LogP contribution in [0.4, 0.5) is 0 Å². The second-order valence-corrected chi connectivity index (χ2v) is 4.23. The van der Waals surface area contributed by atoms with Gasteiger partial charge in [-0.1, -0.05) is 0 Å². The molecule has 0 aromatic rings. The van der Waals surface area contributed by atoms with Crippen LogP contribution in [0, 0.1) is 0 Å². The average molecular weight is 324 g/mol. The molecule has 9 heavy (non-hydrogen) atoms. The van der Waals surface area contributed by atoms with Gasteiger partial charge in [0.2, 0.25) is 0 Å². The minimum absolute atomic E-state index is 0. The molecule has 0 N–H and O–H groups in total. The zero-order chi connectivity index (χ0) is 5.45. The van der Waals surface area contributed by atoms with E-state index in [0.717, 1.165) is 0 Å². The van der Waals surface area contributed by atoms with Crippen molar-refractivity contribution >= 4 is 0 Å². The van der Waals surface area contributed by atoms with Crippen LogP contribution < -0.4 is 190 Å². The monoisotopic (exact) mass is 324 g/mol. The van der Waals surface area contributed by atoms with E-state index >= 15 is 0 Å². The van der Waals surface area contributed by atoms with Crippen molar-refractivity contribution in [3.8, 4) is 0 Å². The molecule has 0 heterocycles. The van der Waals surface area contributed by atoms with Crippen molar-refractivity contribution in [1.29, 1.82) is 0 Å². The van der Waals surface area contributed by atoms with E-state index in [0.29, 0.717) is 0 Å². The molecule has 0 aromatic heterocycles. The number of hydrogen-bond acceptors (Lipinski definition) is 5. The first kappa shape index (κ1) is 23.9. The first-order valence-corrected chi connectivity index (χ1v) is 5.18. The standard InChI is InChI=1S/IO5.3K/c2-1(3,4,5)6;;;/q-3;3*+1. The fraction of sp³-hybridized carbons (Fsp3) is 0. The van der Waals surface area contributed by atoms with Gasteiger partial charge in [-0.2, -0.15) is 0 Å². The van der Waals surface area contributed by atoms with Crippen LogP contribution in [-0.4, -0.2) is 0 Å². The summed E-state index contributed by atoms with van der Waals surface area (Å²) in [7, 11) is 0. The van der Waals surface area contributed by atoms with Gasteiger partial charge in [0.25, 0.3) is 0 Å². The Morgan fingerprint density at radius 1 is 0.556 bits per heavy atom. The molecule has 5 nitrogen and oxygen atoms in total. The fourth-order valence-corrected chi connectivity index (χ4v) is 0. The van der Waals surface area contributed by atoms with Crippen LogP contribution in [0.25, 0.3) is 0 Å². The molecule has 0 aliphatic heterocycles. The van der Waals surface area contributed by atoms with Gasteiger partial charge < -0.3 is 0 Å². The summed E-state index contributed by atoms with van der Waals surface area (Å²) in [6, 6.07) is 0. The topological polar surface area (TPSA) is 115 Å². The predicted octanol–water partition coefficient (Wildman–Crippen LogP) is -17.9. The second-order valence-electron chi connectivity index (χ2n) is 0.630. The number of hydrogen-bond donors (Lipinski definition) is 0. The summed E-state index contributed by atoms with van der Waals surface area (Å²) in [4.78, 5) is 0. The zero-order valence-corrected chi connectivity index (χ0v) is 16.9. The molecule has 0 bridgehead atoms. The third-order valence-corrected chi connectivity index (χ3v) is 0. The zero-order valence-electron chi connectivity index (χ0n) is 5.42. The van der Waals surface area contributed by atoms with Crippen LogP contribution in [0.15, 0.2) is 0 Å². The van der Waals surface area contributed by atoms with Crippen molar-refractivity contribution in [2.45, 2.75) is 0 Å². The Labute approximate surface area is 184 Å². The summed E-state index contributed by atoms with van der Waals surface area (Å²) in [5, 5.41) is 0. The van der Waals surface area contributed by atoms with Crippen LogP contribution in [0.5, 0.6) is 0 Å². The molecule has 40 valence electrons. The van der Waals surface area contributed by atoms with E-state index in [9.17, 15) is 0 Å². The Morgan fingerprint density at radius 3 is 0.556 bits per heavy atom. The minimum atomic E-state index is -7.80. The van der Waals surface area contributed by atoms with E-state index in [2.05, 4.69) is 0 Å². The van der Waals surface area contributed by atoms with Crippen LogP contribution in [0.1, 0.15) is 0 Å². The summed E-state index contributed by atoms with van der Waals surface area (Å²) in [5.74, 6) is 0. The van der Waals surface area contributed by atoms with Crippen molar-refractivity contribution in [3.63, 3.8) is 0 Å². The van der Waals surface area contributed by atoms with Gasteiger partial charge in [0.1, 0.15) is 0 Å². The van der Waals surface area contributed by atoms with Gasteiger partial charge >= 0.3 is 190 Å². The SMILES string of the molecule is [K+].[K+].[K+].[O-][I+2]([O-])([O-])([O-])[O-]. The van der Waals surface area contributed by atoms with Gasteiger partial charge in [-0.25, -0.2) is 0 Å². The van der Waals surface area contributed by atoms with E-state index < -0.39 is 19.1 Å². The first-order valence-electron chi connectivity index (χ1n) is 0.772. The molecule has 0 saturated carbocycles. The Bertz CT molecular complexity index is 45.4. The molecule has 0 aliphatic rings. The first-order chi connectivity index (χ1) is 2.24. The number of halogens is 1. The van der Waals surface area contributed by atoms with Gasteiger partial charge in [0.05, 0.1) is 0 Å². The van der Waals surface area contributed by atoms with Crippen molar-refractivity contribution in [1.82, 2.24) is 0 Å². The number of rotatable bonds is 0. The summed E-state index contributed by atoms with van der Waals surface area (Å²) in [6.07, 6.45) is 0. The van der Waals surface area contributed by atoms with Crippen LogP contribution in [0.2, 0.25) is 0 Å². The molecule has 0 atom stereocenters. The van der Waals surface area contributed by atoms with Crippen molar-refractivity contribution < 1.29 is 190 Å². The third-order valence-electron chi connectivity index (χ3n) is 0. The van der Waals surface area contributed by atoms with Gasteiger partial charge in [0.15, 0.2) is 0 Å². The Kier molecular flexibility index (Phi) is 23.2. The maximum atomic E-state index is 8.64. The summed E-state index contributed by atoms with van der Waals surface area (Å²) >= 11 is -7.80. The molecule has 0 unspecified atom stereocenters. The van der Waals surface area contributed by atoms with Gasteiger partial charge in [0, 0.05) is 0 Å². The fourth-order valence-electron chi connectivity index (χ4n) is 0. The maximum absolute atomic E-state index is 8.64. The van der Waals surface area contributed by atoms with E-state index in [1.807, 2.05) is 0 Å². The molecule has 0 fully saturated rings. The Morgan fingerprint density at radius 2 is 0.556 bits per heavy atom. The third kappa shape index (κ3) is 59.4. The quantitative estimate of drug-likeness (QED) is 0.324. The van der Waals surface area contributed by atoms with Gasteiger partial charge in [-0.05, 0) is 0 Å². The predicted molar refractivity (Wildman–Crippen MR) is 0 cm³/mol. The van der Waals surface area contributed by atoms with Crippen LogP contribution in [-0.2, 0) is 0 Å². The van der Waals surface area contributed by atoms with Crippen molar-refractivity contribution in [2.24, 2.45) is 0 Å². The van der Waals surface area contributed by atoms with Crippen LogP contribution >= 0.6 is 0 Å². The summed E-state index contributed by atoms with van der Waals surface area (Å²) < 4.78 is 43.2. The van der Waals surface area contributed by atoms with E-state index in [1.54, 1.807) is 0 Å². The second kappa shape index (κ2) is 8.72. The van der Waals surface area contributed by atoms with Crippen LogP contribution in [0.3, 0.4) is 0 Å². The molecule has 0 aliphatic carbocycles. The normalized spacial score (nSPS) is 12.8. The summed E-state index contributed by atoms with van der Waals surface area (Å²) in [6.45, 7) is 0. The average Bonchev–Trinajstić information content (AvgIpc) is 0.650. The molecule has 0 saturated heterocycles. The van der Waals surface area contributed by atoms with Crippen molar-refractivity contribution in [2.75, 3.05) is 0 Å². The van der Waals surface area contributed by atoms with E-state index in [-0.39, 0.29) is 154 Å². The van der Waals surface area contributed by atoms with Gasteiger partial charge in [-0.15, -0.1) is 0 Å². The van der Waals surface area contributed by atoms with E-state index in [4.69, 9.17) is 17.2 Å². The Balaban J connectivity index is -0.0000000417. The molecular weight excluding hydrogens is 324 g/mol. The molecule has 0 aromatic carbocycles. The van der Waals surface area contributed by atoms with E-state index in [1.165, 1.54) is 0 Å². The van der Waals surface area contributed by atoms with Gasteiger partial charge in [-0.3, -0.25) is 0 Å². The van der Waals surface area contributed by atoms with Crippen molar-refractivity contribution in [3.05, 3.63) is 0 Å². The molecular formula is IK3O5.